The molecule has 1 N–H and O–H groups in total. The van der Waals surface area contributed by atoms with Gasteiger partial charge in [-0.15, -0.1) is 0 Å². The Bertz CT molecular complexity index is 254. The average Bonchev–Trinajstić information content (AvgIpc) is 2.36. The fourth-order valence-corrected chi connectivity index (χ4v) is 1.68. The highest BCUT2D eigenvalue weighted by molar-refractivity contribution is 7.08. The minimum Gasteiger partial charge on any atom is -0.352 e. The molecule has 1 aromatic heterocycles. The van der Waals surface area contributed by atoms with Crippen LogP contribution in [0, 0.1) is 6.92 Å². The molecule has 0 saturated heterocycles. The van der Waals surface area contributed by atoms with E-state index in [9.17, 15) is 4.79 Å². The van der Waals surface area contributed by atoms with Crippen LogP contribution in [0.15, 0.2) is 10.8 Å². The molecule has 0 spiro atoms. The summed E-state index contributed by atoms with van der Waals surface area (Å²) in [5.41, 5.74) is 1.86. The van der Waals surface area contributed by atoms with Gasteiger partial charge >= 0.3 is 0 Å². The van der Waals surface area contributed by atoms with Crippen molar-refractivity contribution in [2.45, 2.75) is 13.8 Å². The number of nitrogens with one attached hydrogen (secondary N) is 1. The first-order chi connectivity index (χ1) is 5.25. The van der Waals surface area contributed by atoms with E-state index in [1.54, 1.807) is 11.3 Å². The lowest BCUT2D eigenvalue weighted by Crippen LogP contribution is -2.22. The van der Waals surface area contributed by atoms with E-state index < -0.39 is 0 Å². The van der Waals surface area contributed by atoms with E-state index in [0.717, 1.165) is 11.1 Å². The average molecular weight is 169 g/mol. The minimum absolute atomic E-state index is 0.0336. The van der Waals surface area contributed by atoms with Gasteiger partial charge in [-0.1, -0.05) is 0 Å². The molecule has 2 nitrogen and oxygen atoms in total. The summed E-state index contributed by atoms with van der Waals surface area (Å²) < 4.78 is 0. The summed E-state index contributed by atoms with van der Waals surface area (Å²) >= 11 is 1.56. The van der Waals surface area contributed by atoms with Crippen molar-refractivity contribution in [2.24, 2.45) is 0 Å². The third kappa shape index (κ3) is 1.80. The Kier molecular flexibility index (Phi) is 2.65. The number of hydrogen-bond acceptors (Lipinski definition) is 2. The molecule has 1 rings (SSSR count). The number of carbonyl (C=O) groups excluding carboxylic acids is 1. The minimum atomic E-state index is 0.0336. The third-order valence-electron chi connectivity index (χ3n) is 1.44. The molecule has 60 valence electrons. The number of amides is 1. The van der Waals surface area contributed by atoms with Crippen LogP contribution in [0.5, 0.6) is 0 Å². The van der Waals surface area contributed by atoms with Crippen LogP contribution in [-0.2, 0) is 0 Å². The van der Waals surface area contributed by atoms with Crippen molar-refractivity contribution in [1.29, 1.82) is 0 Å². The van der Waals surface area contributed by atoms with Crippen LogP contribution in [0.3, 0.4) is 0 Å². The third-order valence-corrected chi connectivity index (χ3v) is 2.30. The molecule has 0 radical (unpaired) electrons. The Labute approximate surface area is 70.2 Å². The van der Waals surface area contributed by atoms with Gasteiger partial charge < -0.3 is 5.32 Å². The summed E-state index contributed by atoms with van der Waals surface area (Å²) in [6.07, 6.45) is 0. The second-order valence-electron chi connectivity index (χ2n) is 2.33. The molecule has 1 aromatic rings. The van der Waals surface area contributed by atoms with Gasteiger partial charge in [0.2, 0.25) is 0 Å². The molecule has 0 aliphatic heterocycles. The predicted molar refractivity (Wildman–Crippen MR) is 47.1 cm³/mol. The number of rotatable bonds is 2. The molecule has 0 fully saturated rings. The summed E-state index contributed by atoms with van der Waals surface area (Å²) in [6.45, 7) is 4.55. The summed E-state index contributed by atoms with van der Waals surface area (Å²) in [5.74, 6) is 0.0336. The standard InChI is InChI=1S/C8H11NOS/c1-3-9-8(10)7-5-11-4-6(7)2/h4-5H,3H2,1-2H3,(H,9,10). The summed E-state index contributed by atoms with van der Waals surface area (Å²) in [5, 5.41) is 6.61. The lowest BCUT2D eigenvalue weighted by Gasteiger charge is -1.99. The molecule has 0 bridgehead atoms. The summed E-state index contributed by atoms with van der Waals surface area (Å²) in [4.78, 5) is 11.2. The smallest absolute Gasteiger partial charge is 0.252 e. The maximum absolute atomic E-state index is 11.2. The Morgan fingerprint density at radius 2 is 2.36 bits per heavy atom. The van der Waals surface area contributed by atoms with Gasteiger partial charge in [0.25, 0.3) is 5.91 Å². The van der Waals surface area contributed by atoms with Crippen LogP contribution >= 0.6 is 11.3 Å². The maximum Gasteiger partial charge on any atom is 0.252 e. The van der Waals surface area contributed by atoms with Crippen molar-refractivity contribution < 1.29 is 4.79 Å². The Morgan fingerprint density at radius 1 is 1.64 bits per heavy atom. The zero-order valence-corrected chi connectivity index (χ0v) is 7.49. The lowest BCUT2D eigenvalue weighted by atomic mass is 10.2. The van der Waals surface area contributed by atoms with Gasteiger partial charge in [-0.3, -0.25) is 4.79 Å². The van der Waals surface area contributed by atoms with Gasteiger partial charge in [-0.2, -0.15) is 11.3 Å². The van der Waals surface area contributed by atoms with Gasteiger partial charge in [0, 0.05) is 11.9 Å². The molecule has 0 aliphatic carbocycles. The number of hydrogen-bond donors (Lipinski definition) is 1. The SMILES string of the molecule is CCNC(=O)c1cscc1C. The molecule has 1 amide bonds. The molecule has 3 heteroatoms. The van der Waals surface area contributed by atoms with Crippen molar-refractivity contribution in [3.8, 4) is 0 Å². The zero-order chi connectivity index (χ0) is 8.27. The van der Waals surface area contributed by atoms with E-state index >= 15 is 0 Å². The first kappa shape index (κ1) is 8.27. The number of carbonyl (C=O) groups is 1. The van der Waals surface area contributed by atoms with Crippen molar-refractivity contribution in [3.63, 3.8) is 0 Å². The first-order valence-corrected chi connectivity index (χ1v) is 4.51. The fraction of sp³-hybridized carbons (Fsp3) is 0.375. The van der Waals surface area contributed by atoms with E-state index in [4.69, 9.17) is 0 Å². The van der Waals surface area contributed by atoms with Crippen molar-refractivity contribution in [2.75, 3.05) is 6.54 Å². The molecule has 11 heavy (non-hydrogen) atoms. The van der Waals surface area contributed by atoms with E-state index in [0.29, 0.717) is 6.54 Å². The number of thiophene rings is 1. The molecule has 0 unspecified atom stereocenters. The van der Waals surface area contributed by atoms with Crippen LogP contribution in [0.4, 0.5) is 0 Å². The van der Waals surface area contributed by atoms with Gasteiger partial charge in [0.15, 0.2) is 0 Å². The van der Waals surface area contributed by atoms with E-state index in [1.807, 2.05) is 24.6 Å². The molecular weight excluding hydrogens is 158 g/mol. The molecular formula is C8H11NOS. The van der Waals surface area contributed by atoms with Gasteiger partial charge in [-0.05, 0) is 24.8 Å². The topological polar surface area (TPSA) is 29.1 Å². The number of aryl methyl sites for hydroxylation is 1. The van der Waals surface area contributed by atoms with Gasteiger partial charge in [0.1, 0.15) is 0 Å². The van der Waals surface area contributed by atoms with Crippen molar-refractivity contribution in [3.05, 3.63) is 21.9 Å². The van der Waals surface area contributed by atoms with Crippen molar-refractivity contribution >= 4 is 17.2 Å². The van der Waals surface area contributed by atoms with Crippen LogP contribution < -0.4 is 5.32 Å². The van der Waals surface area contributed by atoms with Crippen LogP contribution in [-0.4, -0.2) is 12.5 Å². The predicted octanol–water partition coefficient (Wildman–Crippen LogP) is 1.81. The highest BCUT2D eigenvalue weighted by atomic mass is 32.1. The monoisotopic (exact) mass is 169 g/mol. The molecule has 0 aromatic carbocycles. The van der Waals surface area contributed by atoms with E-state index in [1.165, 1.54) is 0 Å². The second kappa shape index (κ2) is 3.53. The molecule has 0 aliphatic rings. The lowest BCUT2D eigenvalue weighted by molar-refractivity contribution is 0.0955. The maximum atomic E-state index is 11.2. The van der Waals surface area contributed by atoms with E-state index in [-0.39, 0.29) is 5.91 Å². The molecule has 1 heterocycles. The van der Waals surface area contributed by atoms with E-state index in [2.05, 4.69) is 5.32 Å². The van der Waals surface area contributed by atoms with Crippen molar-refractivity contribution in [1.82, 2.24) is 5.32 Å². The molecule has 0 saturated carbocycles. The van der Waals surface area contributed by atoms with Gasteiger partial charge in [-0.25, -0.2) is 0 Å². The second-order valence-corrected chi connectivity index (χ2v) is 3.07. The highest BCUT2D eigenvalue weighted by Crippen LogP contribution is 2.12. The fourth-order valence-electron chi connectivity index (χ4n) is 0.849. The Hall–Kier alpha value is -0.830. The Balaban J connectivity index is 2.76. The van der Waals surface area contributed by atoms with Crippen LogP contribution in [0.2, 0.25) is 0 Å². The quantitative estimate of drug-likeness (QED) is 0.718. The normalized spacial score (nSPS) is 9.64. The van der Waals surface area contributed by atoms with Gasteiger partial charge in [0.05, 0.1) is 5.56 Å². The largest absolute Gasteiger partial charge is 0.352 e. The summed E-state index contributed by atoms with van der Waals surface area (Å²) in [7, 11) is 0. The molecule has 0 atom stereocenters. The van der Waals surface area contributed by atoms with Crippen LogP contribution in [0.25, 0.3) is 0 Å². The van der Waals surface area contributed by atoms with Crippen LogP contribution in [0.1, 0.15) is 22.8 Å². The first-order valence-electron chi connectivity index (χ1n) is 3.56. The Morgan fingerprint density at radius 3 is 2.82 bits per heavy atom. The zero-order valence-electron chi connectivity index (χ0n) is 6.68. The summed E-state index contributed by atoms with van der Waals surface area (Å²) in [6, 6.07) is 0. The highest BCUT2D eigenvalue weighted by Gasteiger charge is 2.06.